The average Bonchev–Trinajstić information content (AvgIpc) is 2.25. The molecule has 0 saturated heterocycles. The number of hydrogen-bond acceptors (Lipinski definition) is 4. The Hall–Kier alpha value is -1.71. The molecule has 0 spiro atoms. The molecular formula is C13H17NO3. The number of anilines is 1. The maximum Gasteiger partial charge on any atom is 0.338 e. The lowest BCUT2D eigenvalue weighted by Crippen LogP contribution is -2.15. The van der Waals surface area contributed by atoms with E-state index >= 15 is 0 Å². The number of carbonyl (C=O) groups is 1. The second-order valence-electron chi connectivity index (χ2n) is 4.50. The summed E-state index contributed by atoms with van der Waals surface area (Å²) >= 11 is 0. The van der Waals surface area contributed by atoms with E-state index in [4.69, 9.17) is 10.5 Å². The highest BCUT2D eigenvalue weighted by Crippen LogP contribution is 2.29. The van der Waals surface area contributed by atoms with Crippen molar-refractivity contribution in [3.8, 4) is 5.75 Å². The summed E-state index contributed by atoms with van der Waals surface area (Å²) in [4.78, 5) is 11.6. The van der Waals surface area contributed by atoms with Gasteiger partial charge >= 0.3 is 5.97 Å². The Bertz CT molecular complexity index is 413. The molecule has 0 bridgehead atoms. The Morgan fingerprint density at radius 1 is 1.47 bits per heavy atom. The van der Waals surface area contributed by atoms with E-state index in [0.717, 1.165) is 12.3 Å². The summed E-state index contributed by atoms with van der Waals surface area (Å²) in [5, 5.41) is 9.38. The van der Waals surface area contributed by atoms with Crippen LogP contribution < -0.4 is 5.73 Å². The molecule has 1 aromatic carbocycles. The topological polar surface area (TPSA) is 72.6 Å². The van der Waals surface area contributed by atoms with Crippen LogP contribution in [0.3, 0.4) is 0 Å². The minimum Gasteiger partial charge on any atom is -0.506 e. The minimum atomic E-state index is -0.403. The first-order valence-electron chi connectivity index (χ1n) is 5.92. The fourth-order valence-electron chi connectivity index (χ4n) is 1.85. The van der Waals surface area contributed by atoms with Crippen LogP contribution in [0.15, 0.2) is 18.2 Å². The lowest BCUT2D eigenvalue weighted by Gasteiger charge is -2.24. The lowest BCUT2D eigenvalue weighted by atomic mass is 9.83. The number of rotatable bonds is 4. The number of nitrogens with two attached hydrogens (primary N) is 1. The van der Waals surface area contributed by atoms with E-state index in [1.165, 1.54) is 31.4 Å². The molecule has 0 heterocycles. The highest BCUT2D eigenvalue weighted by atomic mass is 16.5. The quantitative estimate of drug-likeness (QED) is 0.477. The molecule has 1 aliphatic rings. The molecule has 0 unspecified atom stereocenters. The van der Waals surface area contributed by atoms with E-state index < -0.39 is 5.97 Å². The molecule has 0 amide bonds. The number of benzene rings is 1. The summed E-state index contributed by atoms with van der Waals surface area (Å²) < 4.78 is 5.14. The smallest absolute Gasteiger partial charge is 0.338 e. The highest BCUT2D eigenvalue weighted by Gasteiger charge is 2.18. The number of aromatic hydroxyl groups is 1. The van der Waals surface area contributed by atoms with Crippen LogP contribution in [0.1, 0.15) is 36.0 Å². The van der Waals surface area contributed by atoms with Gasteiger partial charge in [-0.25, -0.2) is 4.79 Å². The van der Waals surface area contributed by atoms with E-state index in [2.05, 4.69) is 0 Å². The number of hydrogen-bond donors (Lipinski definition) is 2. The summed E-state index contributed by atoms with van der Waals surface area (Å²) in [5.41, 5.74) is 6.05. The van der Waals surface area contributed by atoms with Crippen LogP contribution in [0.2, 0.25) is 0 Å². The molecule has 0 atom stereocenters. The Kier molecular flexibility index (Phi) is 3.52. The predicted molar refractivity (Wildman–Crippen MR) is 64.8 cm³/mol. The van der Waals surface area contributed by atoms with Gasteiger partial charge in [0.15, 0.2) is 0 Å². The molecular weight excluding hydrogens is 218 g/mol. The van der Waals surface area contributed by atoms with Crippen LogP contribution in [-0.4, -0.2) is 17.7 Å². The van der Waals surface area contributed by atoms with Crippen molar-refractivity contribution in [1.82, 2.24) is 0 Å². The molecule has 0 radical (unpaired) electrons. The Morgan fingerprint density at radius 3 is 2.82 bits per heavy atom. The molecule has 0 aromatic heterocycles. The van der Waals surface area contributed by atoms with Crippen LogP contribution >= 0.6 is 0 Å². The van der Waals surface area contributed by atoms with Gasteiger partial charge in [0.2, 0.25) is 0 Å². The van der Waals surface area contributed by atoms with Gasteiger partial charge < -0.3 is 15.6 Å². The van der Waals surface area contributed by atoms with Gasteiger partial charge in [0.05, 0.1) is 17.9 Å². The fourth-order valence-corrected chi connectivity index (χ4v) is 1.85. The largest absolute Gasteiger partial charge is 0.506 e. The summed E-state index contributed by atoms with van der Waals surface area (Å²) in [6.45, 7) is 0.453. The van der Waals surface area contributed by atoms with E-state index in [1.807, 2.05) is 0 Å². The van der Waals surface area contributed by atoms with E-state index in [9.17, 15) is 9.90 Å². The van der Waals surface area contributed by atoms with E-state index in [-0.39, 0.29) is 11.4 Å². The molecule has 3 N–H and O–H groups in total. The lowest BCUT2D eigenvalue weighted by molar-refractivity contribution is 0.0464. The maximum atomic E-state index is 11.6. The Balaban J connectivity index is 1.83. The van der Waals surface area contributed by atoms with Gasteiger partial charge in [-0.05, 0) is 30.5 Å². The number of ether oxygens (including phenoxy) is 1. The molecule has 1 aliphatic carbocycles. The Morgan fingerprint density at radius 2 is 2.24 bits per heavy atom. The van der Waals surface area contributed by atoms with Crippen molar-refractivity contribution in [2.75, 3.05) is 12.3 Å². The molecule has 92 valence electrons. The first-order chi connectivity index (χ1) is 8.16. The zero-order chi connectivity index (χ0) is 12.3. The summed E-state index contributed by atoms with van der Waals surface area (Å²) in [6, 6.07) is 4.39. The average molecular weight is 235 g/mol. The number of carbonyl (C=O) groups excluding carboxylic acids is 1. The van der Waals surface area contributed by atoms with Gasteiger partial charge in [-0.3, -0.25) is 0 Å². The molecule has 1 saturated carbocycles. The van der Waals surface area contributed by atoms with Gasteiger partial charge in [0.1, 0.15) is 5.75 Å². The van der Waals surface area contributed by atoms with Crippen molar-refractivity contribution in [1.29, 1.82) is 0 Å². The number of esters is 1. The van der Waals surface area contributed by atoms with Gasteiger partial charge in [-0.1, -0.05) is 19.3 Å². The van der Waals surface area contributed by atoms with Crippen LogP contribution in [-0.2, 0) is 4.74 Å². The molecule has 4 heteroatoms. The highest BCUT2D eigenvalue weighted by molar-refractivity contribution is 5.90. The molecule has 0 aliphatic heterocycles. The fraction of sp³-hybridized carbons (Fsp3) is 0.462. The van der Waals surface area contributed by atoms with E-state index in [0.29, 0.717) is 12.2 Å². The van der Waals surface area contributed by atoms with Crippen LogP contribution in [0, 0.1) is 5.92 Å². The van der Waals surface area contributed by atoms with Crippen LogP contribution in [0.4, 0.5) is 5.69 Å². The molecule has 4 nitrogen and oxygen atoms in total. The Labute approximate surface area is 100 Å². The molecule has 1 aromatic rings. The monoisotopic (exact) mass is 235 g/mol. The number of phenols is 1. The van der Waals surface area contributed by atoms with Crippen LogP contribution in [0.5, 0.6) is 5.75 Å². The van der Waals surface area contributed by atoms with Crippen molar-refractivity contribution in [3.05, 3.63) is 23.8 Å². The van der Waals surface area contributed by atoms with Gasteiger partial charge in [-0.15, -0.1) is 0 Å². The third kappa shape index (κ3) is 2.90. The summed E-state index contributed by atoms with van der Waals surface area (Å²) in [7, 11) is 0. The number of nitrogen functional groups attached to an aromatic ring is 1. The molecule has 17 heavy (non-hydrogen) atoms. The molecule has 2 rings (SSSR count). The molecule has 1 fully saturated rings. The zero-order valence-electron chi connectivity index (χ0n) is 9.69. The maximum absolute atomic E-state index is 11.6. The zero-order valence-corrected chi connectivity index (χ0v) is 9.69. The van der Waals surface area contributed by atoms with Crippen LogP contribution in [0.25, 0.3) is 0 Å². The third-order valence-corrected chi connectivity index (χ3v) is 3.25. The standard InChI is InChI=1S/C13H17NO3/c14-11-5-4-10(8-12(11)15)13(16)17-7-6-9-2-1-3-9/h4-5,8-9,15H,1-3,6-7,14H2. The first kappa shape index (κ1) is 11.8. The van der Waals surface area contributed by atoms with Crippen molar-refractivity contribution < 1.29 is 14.6 Å². The second kappa shape index (κ2) is 5.08. The van der Waals surface area contributed by atoms with Crippen molar-refractivity contribution >= 4 is 11.7 Å². The normalized spacial score (nSPS) is 15.3. The number of phenolic OH excluding ortho intramolecular Hbond substituents is 1. The van der Waals surface area contributed by atoms with Gasteiger partial charge in [0, 0.05) is 0 Å². The SMILES string of the molecule is Nc1ccc(C(=O)OCCC2CCC2)cc1O. The first-order valence-corrected chi connectivity index (χ1v) is 5.92. The van der Waals surface area contributed by atoms with Crippen molar-refractivity contribution in [3.63, 3.8) is 0 Å². The van der Waals surface area contributed by atoms with Crippen molar-refractivity contribution in [2.45, 2.75) is 25.7 Å². The van der Waals surface area contributed by atoms with Crippen molar-refractivity contribution in [2.24, 2.45) is 5.92 Å². The third-order valence-electron chi connectivity index (χ3n) is 3.25. The minimum absolute atomic E-state index is 0.0848. The summed E-state index contributed by atoms with van der Waals surface area (Å²) in [6.07, 6.45) is 4.73. The van der Waals surface area contributed by atoms with E-state index in [1.54, 1.807) is 6.07 Å². The second-order valence-corrected chi connectivity index (χ2v) is 4.50. The predicted octanol–water partition coefficient (Wildman–Crippen LogP) is 2.32. The summed E-state index contributed by atoms with van der Waals surface area (Å²) in [5.74, 6) is 0.237. The van der Waals surface area contributed by atoms with Gasteiger partial charge in [-0.2, -0.15) is 0 Å². The van der Waals surface area contributed by atoms with Gasteiger partial charge in [0.25, 0.3) is 0 Å².